The maximum absolute atomic E-state index is 11.3. The van der Waals surface area contributed by atoms with E-state index < -0.39 is 0 Å². The van der Waals surface area contributed by atoms with E-state index in [9.17, 15) is 9.59 Å². The number of rotatable bonds is 4. The van der Waals surface area contributed by atoms with Crippen LogP contribution in [-0.2, 0) is 19.1 Å². The second-order valence-electron chi connectivity index (χ2n) is 3.35. The molecule has 0 aliphatic carbocycles. The summed E-state index contributed by atoms with van der Waals surface area (Å²) in [6.45, 7) is 4.24. The van der Waals surface area contributed by atoms with Crippen LogP contribution in [0.5, 0.6) is 0 Å². The fourth-order valence-corrected chi connectivity index (χ4v) is 1.60. The third-order valence-electron chi connectivity index (χ3n) is 2.29. The molecule has 0 saturated carbocycles. The zero-order valence-electron chi connectivity index (χ0n) is 9.12. The van der Waals surface area contributed by atoms with Crippen LogP contribution >= 0.6 is 0 Å². The highest BCUT2D eigenvalue weighted by molar-refractivity contribution is 5.81. The third-order valence-corrected chi connectivity index (χ3v) is 2.29. The summed E-state index contributed by atoms with van der Waals surface area (Å²) in [6.07, 6.45) is 1.25. The Bertz CT molecular complexity index is 218. The zero-order chi connectivity index (χ0) is 11.3. The molecule has 1 heterocycles. The van der Waals surface area contributed by atoms with Crippen molar-refractivity contribution in [3.05, 3.63) is 0 Å². The second kappa shape index (κ2) is 5.70. The van der Waals surface area contributed by atoms with E-state index in [0.29, 0.717) is 26.1 Å². The third kappa shape index (κ3) is 3.20. The van der Waals surface area contributed by atoms with Gasteiger partial charge in [-0.05, 0) is 26.7 Å². The Morgan fingerprint density at radius 3 is 1.80 bits per heavy atom. The molecule has 1 fully saturated rings. The number of carbonyl (C=O) groups is 2. The van der Waals surface area contributed by atoms with Gasteiger partial charge >= 0.3 is 11.9 Å². The molecule has 1 rings (SSSR count). The van der Waals surface area contributed by atoms with Crippen LogP contribution < -0.4 is 5.32 Å². The molecular formula is C10H17NO4. The molecule has 0 radical (unpaired) electrons. The van der Waals surface area contributed by atoms with Crippen molar-refractivity contribution in [2.75, 3.05) is 13.2 Å². The molecule has 0 bridgehead atoms. The normalized spacial score (nSPS) is 24.9. The van der Waals surface area contributed by atoms with Crippen molar-refractivity contribution in [2.45, 2.75) is 38.8 Å². The molecular weight excluding hydrogens is 198 g/mol. The van der Waals surface area contributed by atoms with Gasteiger partial charge in [0.1, 0.15) is 12.1 Å². The molecule has 1 saturated heterocycles. The Hall–Kier alpha value is -1.10. The van der Waals surface area contributed by atoms with Gasteiger partial charge in [-0.2, -0.15) is 0 Å². The van der Waals surface area contributed by atoms with Crippen molar-refractivity contribution in [3.63, 3.8) is 0 Å². The van der Waals surface area contributed by atoms with Crippen LogP contribution in [0.1, 0.15) is 26.7 Å². The number of hydrogen-bond donors (Lipinski definition) is 1. The first-order valence-electron chi connectivity index (χ1n) is 5.28. The van der Waals surface area contributed by atoms with Gasteiger partial charge in [0.25, 0.3) is 0 Å². The van der Waals surface area contributed by atoms with Gasteiger partial charge in [0, 0.05) is 0 Å². The number of hydrogen-bond acceptors (Lipinski definition) is 5. The summed E-state index contributed by atoms with van der Waals surface area (Å²) in [5.41, 5.74) is 0. The van der Waals surface area contributed by atoms with Gasteiger partial charge in [-0.25, -0.2) is 0 Å². The van der Waals surface area contributed by atoms with Crippen LogP contribution in [0.3, 0.4) is 0 Å². The Morgan fingerprint density at radius 1 is 1.07 bits per heavy atom. The monoisotopic (exact) mass is 215 g/mol. The number of esters is 2. The molecule has 1 aliphatic rings. The minimum Gasteiger partial charge on any atom is -0.465 e. The van der Waals surface area contributed by atoms with Crippen LogP contribution in [0.15, 0.2) is 0 Å². The van der Waals surface area contributed by atoms with Gasteiger partial charge < -0.3 is 9.47 Å². The molecule has 1 aliphatic heterocycles. The highest BCUT2D eigenvalue weighted by atomic mass is 16.5. The van der Waals surface area contributed by atoms with Crippen molar-refractivity contribution in [1.82, 2.24) is 5.32 Å². The second-order valence-corrected chi connectivity index (χ2v) is 3.35. The average molecular weight is 215 g/mol. The molecule has 15 heavy (non-hydrogen) atoms. The lowest BCUT2D eigenvalue weighted by atomic mass is 10.2. The average Bonchev–Trinajstić information content (AvgIpc) is 2.67. The van der Waals surface area contributed by atoms with Crippen LogP contribution in [0, 0.1) is 0 Å². The first kappa shape index (κ1) is 12.0. The molecule has 1 N–H and O–H groups in total. The van der Waals surface area contributed by atoms with E-state index in [1.54, 1.807) is 13.8 Å². The molecule has 0 aromatic carbocycles. The quantitative estimate of drug-likeness (QED) is 0.680. The van der Waals surface area contributed by atoms with Crippen molar-refractivity contribution in [2.24, 2.45) is 0 Å². The maximum Gasteiger partial charge on any atom is 0.323 e. The predicted octanol–water partition coefficient (Wildman–Crippen LogP) is 0.233. The molecule has 0 spiro atoms. The van der Waals surface area contributed by atoms with Crippen molar-refractivity contribution < 1.29 is 19.1 Å². The standard InChI is InChI=1S/C10H17NO4/c1-3-14-9(12)7-5-6-8(11-7)10(13)15-4-2/h7-8,11H,3-6H2,1-2H3/t7-,8-/m0/s1. The van der Waals surface area contributed by atoms with Crippen LogP contribution in [0.2, 0.25) is 0 Å². The zero-order valence-corrected chi connectivity index (χ0v) is 9.12. The number of carbonyl (C=O) groups excluding carboxylic acids is 2. The van der Waals surface area contributed by atoms with E-state index in [-0.39, 0.29) is 24.0 Å². The Labute approximate surface area is 89.1 Å². The molecule has 86 valence electrons. The highest BCUT2D eigenvalue weighted by Gasteiger charge is 2.34. The van der Waals surface area contributed by atoms with Crippen molar-refractivity contribution in [3.8, 4) is 0 Å². The van der Waals surface area contributed by atoms with Gasteiger partial charge in [-0.1, -0.05) is 0 Å². The lowest BCUT2D eigenvalue weighted by molar-refractivity contribution is -0.146. The fourth-order valence-electron chi connectivity index (χ4n) is 1.60. The van der Waals surface area contributed by atoms with E-state index >= 15 is 0 Å². The first-order chi connectivity index (χ1) is 7.19. The van der Waals surface area contributed by atoms with Gasteiger partial charge in [-0.15, -0.1) is 0 Å². The Balaban J connectivity index is 2.38. The SMILES string of the molecule is CCOC(=O)[C@@H]1CC[C@@H](C(=O)OCC)N1. The van der Waals surface area contributed by atoms with E-state index in [2.05, 4.69) is 5.32 Å². The Kier molecular flexibility index (Phi) is 4.55. The van der Waals surface area contributed by atoms with E-state index in [1.807, 2.05) is 0 Å². The first-order valence-corrected chi connectivity index (χ1v) is 5.28. The van der Waals surface area contributed by atoms with Crippen molar-refractivity contribution >= 4 is 11.9 Å². The lowest BCUT2D eigenvalue weighted by Crippen LogP contribution is -2.41. The van der Waals surface area contributed by atoms with E-state index in [1.165, 1.54) is 0 Å². The minimum atomic E-state index is -0.362. The summed E-state index contributed by atoms with van der Waals surface area (Å²) in [5.74, 6) is -0.575. The van der Waals surface area contributed by atoms with Gasteiger partial charge in [0.15, 0.2) is 0 Å². The predicted molar refractivity (Wildman–Crippen MR) is 53.2 cm³/mol. The van der Waals surface area contributed by atoms with Crippen LogP contribution in [0.4, 0.5) is 0 Å². The molecule has 0 aromatic rings. The summed E-state index contributed by atoms with van der Waals surface area (Å²) < 4.78 is 9.72. The maximum atomic E-state index is 11.3. The number of nitrogens with one attached hydrogen (secondary N) is 1. The molecule has 2 atom stereocenters. The van der Waals surface area contributed by atoms with Gasteiger partial charge in [0.2, 0.25) is 0 Å². The van der Waals surface area contributed by atoms with E-state index in [4.69, 9.17) is 9.47 Å². The summed E-state index contributed by atoms with van der Waals surface area (Å²) in [7, 11) is 0. The van der Waals surface area contributed by atoms with Crippen LogP contribution in [-0.4, -0.2) is 37.2 Å². The molecule has 5 nitrogen and oxygen atoms in total. The number of ether oxygens (including phenoxy) is 2. The Morgan fingerprint density at radius 2 is 1.47 bits per heavy atom. The smallest absolute Gasteiger partial charge is 0.323 e. The largest absolute Gasteiger partial charge is 0.465 e. The molecule has 0 aromatic heterocycles. The van der Waals surface area contributed by atoms with Gasteiger partial charge in [0.05, 0.1) is 13.2 Å². The van der Waals surface area contributed by atoms with Gasteiger partial charge in [-0.3, -0.25) is 14.9 Å². The van der Waals surface area contributed by atoms with E-state index in [0.717, 1.165) is 0 Å². The molecule has 5 heteroatoms. The summed E-state index contributed by atoms with van der Waals surface area (Å²) >= 11 is 0. The summed E-state index contributed by atoms with van der Waals surface area (Å²) in [4.78, 5) is 22.7. The molecule has 0 unspecified atom stereocenters. The lowest BCUT2D eigenvalue weighted by Gasteiger charge is -2.12. The summed E-state index contributed by atoms with van der Waals surface area (Å²) in [5, 5.41) is 2.91. The molecule has 0 amide bonds. The highest BCUT2D eigenvalue weighted by Crippen LogP contribution is 2.14. The summed E-state index contributed by atoms with van der Waals surface area (Å²) in [6, 6.07) is -0.723. The topological polar surface area (TPSA) is 64.6 Å². The van der Waals surface area contributed by atoms with Crippen LogP contribution in [0.25, 0.3) is 0 Å². The van der Waals surface area contributed by atoms with Crippen molar-refractivity contribution in [1.29, 1.82) is 0 Å². The minimum absolute atomic E-state index is 0.288. The fraction of sp³-hybridized carbons (Fsp3) is 0.800.